The summed E-state index contributed by atoms with van der Waals surface area (Å²) in [6.45, 7) is 4.39. The number of hydrogen-bond donors (Lipinski definition) is 1. The molecule has 0 radical (unpaired) electrons. The second-order valence-electron chi connectivity index (χ2n) is 3.38. The summed E-state index contributed by atoms with van der Waals surface area (Å²) in [7, 11) is 1.99. The van der Waals surface area contributed by atoms with E-state index in [1.807, 2.05) is 7.05 Å². The fourth-order valence-corrected chi connectivity index (χ4v) is 1.21. The summed E-state index contributed by atoms with van der Waals surface area (Å²) in [5, 5.41) is 2.97. The average Bonchev–Trinajstić information content (AvgIpc) is 2.28. The summed E-state index contributed by atoms with van der Waals surface area (Å²) in [4.78, 5) is 21.3. The van der Waals surface area contributed by atoms with Crippen molar-refractivity contribution in [2.24, 2.45) is 0 Å². The van der Waals surface area contributed by atoms with Crippen molar-refractivity contribution in [1.82, 2.24) is 20.2 Å². The number of hydrogen-bond acceptors (Lipinski definition) is 4. The zero-order valence-corrected chi connectivity index (χ0v) is 10.2. The molecule has 0 aliphatic carbocycles. The van der Waals surface area contributed by atoms with Gasteiger partial charge in [-0.2, -0.15) is 0 Å². The number of carbonyl (C=O) groups is 1. The summed E-state index contributed by atoms with van der Waals surface area (Å²) in [5.41, 5.74) is 0.242. The molecule has 0 fully saturated rings. The Kier molecular flexibility index (Phi) is 5.14. The Morgan fingerprint density at radius 1 is 1.56 bits per heavy atom. The first-order valence-electron chi connectivity index (χ1n) is 5.07. The molecule has 6 heteroatoms. The molecule has 0 saturated carbocycles. The SMILES string of the molecule is CCN(C)CCNC(=O)c1cncc(Cl)n1. The topological polar surface area (TPSA) is 58.1 Å². The van der Waals surface area contributed by atoms with Crippen molar-refractivity contribution in [3.8, 4) is 0 Å². The standard InChI is InChI=1S/C10H15ClN4O/c1-3-15(2)5-4-13-10(16)8-6-12-7-9(11)14-8/h6-7H,3-5H2,1-2H3,(H,13,16). The summed E-state index contributed by atoms with van der Waals surface area (Å²) in [6, 6.07) is 0. The lowest BCUT2D eigenvalue weighted by Crippen LogP contribution is -2.33. The highest BCUT2D eigenvalue weighted by atomic mass is 35.5. The highest BCUT2D eigenvalue weighted by molar-refractivity contribution is 6.29. The highest BCUT2D eigenvalue weighted by Crippen LogP contribution is 2.01. The number of likely N-dealkylation sites (N-methyl/N-ethyl adjacent to an activating group) is 1. The van der Waals surface area contributed by atoms with E-state index in [0.29, 0.717) is 6.54 Å². The van der Waals surface area contributed by atoms with Gasteiger partial charge in [-0.3, -0.25) is 9.78 Å². The van der Waals surface area contributed by atoms with E-state index >= 15 is 0 Å². The Labute approximate surface area is 99.8 Å². The fraction of sp³-hybridized carbons (Fsp3) is 0.500. The van der Waals surface area contributed by atoms with Crippen LogP contribution in [0.15, 0.2) is 12.4 Å². The number of nitrogens with zero attached hydrogens (tertiary/aromatic N) is 3. The predicted molar refractivity (Wildman–Crippen MR) is 62.5 cm³/mol. The molecule has 16 heavy (non-hydrogen) atoms. The summed E-state index contributed by atoms with van der Waals surface area (Å²) in [5.74, 6) is -0.250. The van der Waals surface area contributed by atoms with Crippen LogP contribution in [0.4, 0.5) is 0 Å². The van der Waals surface area contributed by atoms with Crippen LogP contribution in [0.25, 0.3) is 0 Å². The first-order chi connectivity index (χ1) is 7.63. The number of halogens is 1. The third-order valence-corrected chi connectivity index (χ3v) is 2.34. The van der Waals surface area contributed by atoms with Crippen molar-refractivity contribution in [2.75, 3.05) is 26.7 Å². The van der Waals surface area contributed by atoms with Crippen LogP contribution in [-0.4, -0.2) is 47.5 Å². The largest absolute Gasteiger partial charge is 0.349 e. The number of amides is 1. The van der Waals surface area contributed by atoms with Gasteiger partial charge in [-0.1, -0.05) is 18.5 Å². The Morgan fingerprint density at radius 2 is 2.31 bits per heavy atom. The van der Waals surface area contributed by atoms with Crippen LogP contribution in [0.1, 0.15) is 17.4 Å². The molecule has 1 N–H and O–H groups in total. The molecule has 0 atom stereocenters. The first kappa shape index (κ1) is 12.9. The van der Waals surface area contributed by atoms with Crippen molar-refractivity contribution < 1.29 is 4.79 Å². The summed E-state index contributed by atoms with van der Waals surface area (Å²) >= 11 is 5.63. The van der Waals surface area contributed by atoms with Crippen LogP contribution in [-0.2, 0) is 0 Å². The van der Waals surface area contributed by atoms with Crippen molar-refractivity contribution in [1.29, 1.82) is 0 Å². The van der Waals surface area contributed by atoms with Crippen LogP contribution in [0.3, 0.4) is 0 Å². The molecule has 0 aliphatic rings. The van der Waals surface area contributed by atoms with Crippen molar-refractivity contribution in [3.05, 3.63) is 23.2 Å². The van der Waals surface area contributed by atoms with Gasteiger partial charge in [0, 0.05) is 13.1 Å². The summed E-state index contributed by atoms with van der Waals surface area (Å²) < 4.78 is 0. The minimum atomic E-state index is -0.250. The van der Waals surface area contributed by atoms with E-state index in [4.69, 9.17) is 11.6 Å². The van der Waals surface area contributed by atoms with Crippen LogP contribution >= 0.6 is 11.6 Å². The van der Waals surface area contributed by atoms with Crippen LogP contribution in [0, 0.1) is 0 Å². The predicted octanol–water partition coefficient (Wildman–Crippen LogP) is 0.811. The third-order valence-electron chi connectivity index (χ3n) is 2.16. The van der Waals surface area contributed by atoms with E-state index in [-0.39, 0.29) is 16.8 Å². The molecule has 1 rings (SSSR count). The van der Waals surface area contributed by atoms with Crippen LogP contribution in [0.5, 0.6) is 0 Å². The van der Waals surface area contributed by atoms with Gasteiger partial charge in [-0.15, -0.1) is 0 Å². The number of aromatic nitrogens is 2. The number of carbonyl (C=O) groups excluding carboxylic acids is 1. The van der Waals surface area contributed by atoms with Gasteiger partial charge in [0.25, 0.3) is 5.91 Å². The molecule has 0 spiro atoms. The van der Waals surface area contributed by atoms with E-state index in [2.05, 4.69) is 27.1 Å². The normalized spacial score (nSPS) is 10.5. The van der Waals surface area contributed by atoms with E-state index in [1.165, 1.54) is 12.4 Å². The lowest BCUT2D eigenvalue weighted by molar-refractivity contribution is 0.0944. The molecule has 1 amide bonds. The molecule has 0 aromatic carbocycles. The van der Waals surface area contributed by atoms with Gasteiger partial charge >= 0.3 is 0 Å². The van der Waals surface area contributed by atoms with Gasteiger partial charge in [-0.05, 0) is 13.6 Å². The maximum atomic E-state index is 11.6. The van der Waals surface area contributed by atoms with Crippen LogP contribution in [0.2, 0.25) is 5.15 Å². The van der Waals surface area contributed by atoms with Gasteiger partial charge in [0.2, 0.25) is 0 Å². The van der Waals surface area contributed by atoms with E-state index in [0.717, 1.165) is 13.1 Å². The number of nitrogens with one attached hydrogen (secondary N) is 1. The molecule has 5 nitrogen and oxygen atoms in total. The zero-order valence-electron chi connectivity index (χ0n) is 9.40. The van der Waals surface area contributed by atoms with Crippen molar-refractivity contribution >= 4 is 17.5 Å². The molecule has 0 unspecified atom stereocenters. The molecular formula is C10H15ClN4O. The lowest BCUT2D eigenvalue weighted by atomic mass is 10.4. The Bertz CT molecular complexity index is 358. The van der Waals surface area contributed by atoms with E-state index in [9.17, 15) is 4.79 Å². The monoisotopic (exact) mass is 242 g/mol. The maximum absolute atomic E-state index is 11.6. The van der Waals surface area contributed by atoms with Crippen LogP contribution < -0.4 is 5.32 Å². The van der Waals surface area contributed by atoms with Gasteiger partial charge in [-0.25, -0.2) is 4.98 Å². The summed E-state index contributed by atoms with van der Waals surface area (Å²) in [6.07, 6.45) is 2.79. The molecule has 1 aromatic rings. The fourth-order valence-electron chi connectivity index (χ4n) is 1.06. The van der Waals surface area contributed by atoms with Gasteiger partial charge < -0.3 is 10.2 Å². The van der Waals surface area contributed by atoms with Gasteiger partial charge in [0.1, 0.15) is 10.8 Å². The molecular weight excluding hydrogens is 228 g/mol. The molecule has 0 saturated heterocycles. The van der Waals surface area contributed by atoms with Crippen molar-refractivity contribution in [2.45, 2.75) is 6.92 Å². The quantitative estimate of drug-likeness (QED) is 0.830. The molecule has 88 valence electrons. The zero-order chi connectivity index (χ0) is 12.0. The van der Waals surface area contributed by atoms with E-state index in [1.54, 1.807) is 0 Å². The number of rotatable bonds is 5. The molecule has 1 aromatic heterocycles. The smallest absolute Gasteiger partial charge is 0.271 e. The maximum Gasteiger partial charge on any atom is 0.271 e. The Hall–Kier alpha value is -1.20. The minimum Gasteiger partial charge on any atom is -0.349 e. The molecule has 1 heterocycles. The van der Waals surface area contributed by atoms with E-state index < -0.39 is 0 Å². The van der Waals surface area contributed by atoms with Gasteiger partial charge in [0.15, 0.2) is 0 Å². The second kappa shape index (κ2) is 6.40. The molecule has 0 bridgehead atoms. The minimum absolute atomic E-state index is 0.221. The Balaban J connectivity index is 2.41. The van der Waals surface area contributed by atoms with Gasteiger partial charge in [0.05, 0.1) is 12.4 Å². The average molecular weight is 243 g/mol. The molecule has 0 aliphatic heterocycles. The highest BCUT2D eigenvalue weighted by Gasteiger charge is 2.07. The first-order valence-corrected chi connectivity index (χ1v) is 5.45. The second-order valence-corrected chi connectivity index (χ2v) is 3.77. The van der Waals surface area contributed by atoms with Crippen molar-refractivity contribution in [3.63, 3.8) is 0 Å². The Morgan fingerprint density at radius 3 is 2.94 bits per heavy atom. The lowest BCUT2D eigenvalue weighted by Gasteiger charge is -2.13. The third kappa shape index (κ3) is 4.12.